The van der Waals surface area contributed by atoms with Gasteiger partial charge in [-0.25, -0.2) is 9.67 Å². The van der Waals surface area contributed by atoms with E-state index < -0.39 is 0 Å². The number of likely N-dealkylation sites (tertiary alicyclic amines) is 1. The summed E-state index contributed by atoms with van der Waals surface area (Å²) in [6, 6.07) is 18.8. The van der Waals surface area contributed by atoms with Crippen molar-refractivity contribution in [2.75, 3.05) is 13.1 Å². The van der Waals surface area contributed by atoms with E-state index in [1.54, 1.807) is 4.40 Å². The molecule has 8 heteroatoms. The van der Waals surface area contributed by atoms with Crippen LogP contribution in [-0.4, -0.2) is 43.1 Å². The first-order chi connectivity index (χ1) is 19.8. The number of amides is 1. The summed E-state index contributed by atoms with van der Waals surface area (Å²) in [5.74, 6) is 0.652. The van der Waals surface area contributed by atoms with Crippen LogP contribution in [0.1, 0.15) is 46.6 Å². The largest absolute Gasteiger partial charge is 0.342 e. The molecular weight excluding hydrogens is 530 g/mol. The standard InChI is InChI=1S/C33H35N5O2S/c1-21-10-11-22(2)29(16-21)38-23(3)17-28(35-38)31-24(4)34-33-37(32(31)40)27(20-41-33)19-30(39)36-14-12-26(13-15-36)18-25-8-6-5-7-9-25/h5-11,16-17,20,26H,12-15,18-19H2,1-4H3. The highest BCUT2D eigenvalue weighted by Gasteiger charge is 2.25. The van der Waals surface area contributed by atoms with Crippen LogP contribution in [0, 0.1) is 33.6 Å². The fourth-order valence-electron chi connectivity index (χ4n) is 5.91. The van der Waals surface area contributed by atoms with Crippen molar-refractivity contribution in [3.63, 3.8) is 0 Å². The molecule has 210 valence electrons. The summed E-state index contributed by atoms with van der Waals surface area (Å²) in [5, 5.41) is 6.75. The molecule has 4 heterocycles. The second-order valence-corrected chi connectivity index (χ2v) is 12.1. The van der Waals surface area contributed by atoms with E-state index in [0.29, 0.717) is 33.5 Å². The molecule has 1 fully saturated rings. The van der Waals surface area contributed by atoms with Gasteiger partial charge in [-0.2, -0.15) is 5.10 Å². The first kappa shape index (κ1) is 27.1. The highest BCUT2D eigenvalue weighted by Crippen LogP contribution is 2.26. The summed E-state index contributed by atoms with van der Waals surface area (Å²) >= 11 is 1.40. The van der Waals surface area contributed by atoms with Gasteiger partial charge in [-0.15, -0.1) is 11.3 Å². The number of benzene rings is 2. The van der Waals surface area contributed by atoms with Gasteiger partial charge in [-0.05, 0) is 81.7 Å². The summed E-state index contributed by atoms with van der Waals surface area (Å²) in [6.45, 7) is 9.48. The quantitative estimate of drug-likeness (QED) is 0.258. The molecule has 0 atom stereocenters. The van der Waals surface area contributed by atoms with Crippen molar-refractivity contribution in [1.29, 1.82) is 0 Å². The summed E-state index contributed by atoms with van der Waals surface area (Å²) < 4.78 is 3.50. The average molecular weight is 566 g/mol. The molecule has 1 saturated heterocycles. The molecule has 0 bridgehead atoms. The van der Waals surface area contributed by atoms with Crippen LogP contribution >= 0.6 is 11.3 Å². The Balaban J connectivity index is 1.24. The van der Waals surface area contributed by atoms with E-state index in [1.165, 1.54) is 16.9 Å². The average Bonchev–Trinajstić information content (AvgIpc) is 3.54. The van der Waals surface area contributed by atoms with Crippen LogP contribution < -0.4 is 5.56 Å². The number of thiazole rings is 1. The van der Waals surface area contributed by atoms with E-state index in [-0.39, 0.29) is 17.9 Å². The molecule has 0 N–H and O–H groups in total. The van der Waals surface area contributed by atoms with Crippen molar-refractivity contribution < 1.29 is 4.79 Å². The van der Waals surface area contributed by atoms with Gasteiger partial charge in [0.15, 0.2) is 4.96 Å². The Kier molecular flexibility index (Phi) is 7.34. The van der Waals surface area contributed by atoms with Gasteiger partial charge >= 0.3 is 0 Å². The van der Waals surface area contributed by atoms with Gasteiger partial charge in [-0.1, -0.05) is 42.5 Å². The van der Waals surface area contributed by atoms with E-state index in [2.05, 4.69) is 56.3 Å². The normalized spacial score (nSPS) is 14.2. The van der Waals surface area contributed by atoms with Crippen molar-refractivity contribution in [3.8, 4) is 16.9 Å². The zero-order valence-electron chi connectivity index (χ0n) is 24.1. The minimum absolute atomic E-state index is 0.0620. The van der Waals surface area contributed by atoms with E-state index in [1.807, 2.05) is 40.9 Å². The predicted molar refractivity (Wildman–Crippen MR) is 164 cm³/mol. The molecule has 41 heavy (non-hydrogen) atoms. The van der Waals surface area contributed by atoms with Gasteiger partial charge in [0.2, 0.25) is 5.91 Å². The summed E-state index contributed by atoms with van der Waals surface area (Å²) in [4.78, 5) is 34.6. The number of nitrogens with zero attached hydrogens (tertiary/aromatic N) is 5. The Morgan fingerprint density at radius 2 is 1.76 bits per heavy atom. The first-order valence-corrected chi connectivity index (χ1v) is 15.1. The molecular formula is C33H35N5O2S. The predicted octanol–water partition coefficient (Wildman–Crippen LogP) is 5.87. The Bertz CT molecular complexity index is 1790. The number of piperidine rings is 1. The van der Waals surface area contributed by atoms with E-state index in [4.69, 9.17) is 10.1 Å². The molecule has 0 saturated carbocycles. The van der Waals surface area contributed by atoms with E-state index in [0.717, 1.165) is 54.9 Å². The summed E-state index contributed by atoms with van der Waals surface area (Å²) in [6.07, 6.45) is 3.24. The van der Waals surface area contributed by atoms with Crippen LogP contribution in [0.25, 0.3) is 21.9 Å². The molecule has 6 rings (SSSR count). The van der Waals surface area contributed by atoms with Crippen molar-refractivity contribution in [2.45, 2.75) is 53.4 Å². The lowest BCUT2D eigenvalue weighted by molar-refractivity contribution is -0.131. The number of aryl methyl sites for hydroxylation is 4. The Morgan fingerprint density at radius 1 is 1.00 bits per heavy atom. The Hall–Kier alpha value is -4.04. The smallest absolute Gasteiger partial charge is 0.268 e. The topological polar surface area (TPSA) is 72.5 Å². The van der Waals surface area contributed by atoms with Crippen LogP contribution in [0.3, 0.4) is 0 Å². The van der Waals surface area contributed by atoms with Crippen molar-refractivity contribution in [3.05, 3.63) is 104 Å². The molecule has 2 aromatic carbocycles. The van der Waals surface area contributed by atoms with Crippen LogP contribution in [0.4, 0.5) is 0 Å². The maximum Gasteiger partial charge on any atom is 0.268 e. The molecule has 7 nitrogen and oxygen atoms in total. The van der Waals surface area contributed by atoms with Gasteiger partial charge < -0.3 is 4.90 Å². The van der Waals surface area contributed by atoms with Gasteiger partial charge in [0.05, 0.1) is 23.4 Å². The van der Waals surface area contributed by atoms with Crippen LogP contribution in [-0.2, 0) is 17.6 Å². The second kappa shape index (κ2) is 11.1. The SMILES string of the molecule is Cc1ccc(C)c(-n2nc(-c3c(C)nc4scc(CC(=O)N5CCC(Cc6ccccc6)CC5)n4c3=O)cc2C)c1. The monoisotopic (exact) mass is 565 g/mol. The number of carbonyl (C=O) groups is 1. The third kappa shape index (κ3) is 5.36. The van der Waals surface area contributed by atoms with Crippen LogP contribution in [0.5, 0.6) is 0 Å². The lowest BCUT2D eigenvalue weighted by Crippen LogP contribution is -2.40. The van der Waals surface area contributed by atoms with Gasteiger partial charge in [0, 0.05) is 29.9 Å². The Labute approximate surface area is 244 Å². The van der Waals surface area contributed by atoms with Crippen LogP contribution in [0.15, 0.2) is 64.8 Å². The zero-order valence-corrected chi connectivity index (χ0v) is 24.9. The van der Waals surface area contributed by atoms with Gasteiger partial charge in [0.1, 0.15) is 5.69 Å². The second-order valence-electron chi connectivity index (χ2n) is 11.3. The first-order valence-electron chi connectivity index (χ1n) is 14.2. The molecule has 0 radical (unpaired) electrons. The minimum atomic E-state index is -0.177. The van der Waals surface area contributed by atoms with Crippen molar-refractivity contribution >= 4 is 22.2 Å². The fourth-order valence-corrected chi connectivity index (χ4v) is 6.84. The Morgan fingerprint density at radius 3 is 2.51 bits per heavy atom. The zero-order chi connectivity index (χ0) is 28.7. The lowest BCUT2D eigenvalue weighted by Gasteiger charge is -2.32. The van der Waals surface area contributed by atoms with Crippen molar-refractivity contribution in [2.24, 2.45) is 5.92 Å². The number of rotatable bonds is 6. The maximum atomic E-state index is 13.9. The molecule has 1 aliphatic heterocycles. The number of aromatic nitrogens is 4. The highest BCUT2D eigenvalue weighted by atomic mass is 32.1. The molecule has 0 unspecified atom stereocenters. The third-order valence-corrected chi connectivity index (χ3v) is 9.10. The molecule has 1 aliphatic rings. The van der Waals surface area contributed by atoms with Gasteiger partial charge in [0.25, 0.3) is 5.56 Å². The molecule has 0 spiro atoms. The lowest BCUT2D eigenvalue weighted by atomic mass is 9.90. The van der Waals surface area contributed by atoms with E-state index in [9.17, 15) is 9.59 Å². The number of fused-ring (bicyclic) bond motifs is 1. The fraction of sp³-hybridized carbons (Fsp3) is 0.333. The summed E-state index contributed by atoms with van der Waals surface area (Å²) in [7, 11) is 0. The number of hydrogen-bond acceptors (Lipinski definition) is 5. The maximum absolute atomic E-state index is 13.9. The molecule has 0 aliphatic carbocycles. The summed E-state index contributed by atoms with van der Waals surface area (Å²) in [5.41, 5.74) is 7.76. The molecule has 5 aromatic rings. The van der Waals surface area contributed by atoms with Crippen molar-refractivity contribution in [1.82, 2.24) is 24.1 Å². The number of carbonyl (C=O) groups excluding carboxylic acids is 1. The van der Waals surface area contributed by atoms with Gasteiger partial charge in [-0.3, -0.25) is 14.0 Å². The third-order valence-electron chi connectivity index (χ3n) is 8.22. The minimum Gasteiger partial charge on any atom is -0.342 e. The van der Waals surface area contributed by atoms with E-state index >= 15 is 0 Å². The number of hydrogen-bond donors (Lipinski definition) is 0. The molecule has 3 aromatic heterocycles. The highest BCUT2D eigenvalue weighted by molar-refractivity contribution is 7.15. The van der Waals surface area contributed by atoms with Crippen LogP contribution in [0.2, 0.25) is 0 Å². The molecule has 1 amide bonds.